The second-order valence-electron chi connectivity index (χ2n) is 8.86. The standard InChI is InChI=1S/C29H32N2O/c30-23-29(26-13-6-2-7-14-26,27-15-8-3-9-16-27)18-10-19-31-20-17-25(21-28(31)22-32)24-11-4-1-5-12-24/h1-9,11-16,25,28,32H,10,17-22H2. The molecule has 1 N–H and O–H groups in total. The van der Waals surface area contributed by atoms with Gasteiger partial charge in [0.1, 0.15) is 5.41 Å². The number of nitrogens with zero attached hydrogens (tertiary/aromatic N) is 2. The molecule has 2 atom stereocenters. The van der Waals surface area contributed by atoms with Gasteiger partial charge in [0.15, 0.2) is 0 Å². The van der Waals surface area contributed by atoms with E-state index in [-0.39, 0.29) is 12.6 Å². The average Bonchev–Trinajstić information content (AvgIpc) is 2.88. The summed E-state index contributed by atoms with van der Waals surface area (Å²) in [5.74, 6) is 0.511. The van der Waals surface area contributed by atoms with E-state index in [9.17, 15) is 10.4 Å². The molecule has 0 bridgehead atoms. The van der Waals surface area contributed by atoms with Gasteiger partial charge in [0.25, 0.3) is 0 Å². The van der Waals surface area contributed by atoms with E-state index >= 15 is 0 Å². The minimum absolute atomic E-state index is 0.180. The summed E-state index contributed by atoms with van der Waals surface area (Å²) in [6.45, 7) is 2.07. The van der Waals surface area contributed by atoms with Crippen LogP contribution < -0.4 is 0 Å². The molecule has 164 valence electrons. The Labute approximate surface area is 192 Å². The highest BCUT2D eigenvalue weighted by molar-refractivity contribution is 5.45. The Morgan fingerprint density at radius 3 is 1.97 bits per heavy atom. The highest BCUT2D eigenvalue weighted by Crippen LogP contribution is 2.37. The first-order valence-electron chi connectivity index (χ1n) is 11.7. The number of benzene rings is 3. The number of aliphatic hydroxyl groups is 1. The zero-order chi connectivity index (χ0) is 22.2. The van der Waals surface area contributed by atoms with E-state index in [0.717, 1.165) is 49.9 Å². The summed E-state index contributed by atoms with van der Waals surface area (Å²) < 4.78 is 0. The Morgan fingerprint density at radius 2 is 1.44 bits per heavy atom. The Balaban J connectivity index is 1.46. The zero-order valence-electron chi connectivity index (χ0n) is 18.6. The number of likely N-dealkylation sites (tertiary alicyclic amines) is 1. The molecule has 0 spiro atoms. The van der Waals surface area contributed by atoms with Gasteiger partial charge in [0, 0.05) is 6.04 Å². The number of rotatable bonds is 8. The molecule has 0 radical (unpaired) electrons. The molecule has 0 amide bonds. The minimum Gasteiger partial charge on any atom is -0.395 e. The van der Waals surface area contributed by atoms with Crippen LogP contribution in [0.2, 0.25) is 0 Å². The van der Waals surface area contributed by atoms with Gasteiger partial charge in [-0.25, -0.2) is 0 Å². The predicted octanol–water partition coefficient (Wildman–Crippen LogP) is 5.52. The van der Waals surface area contributed by atoms with Crippen molar-refractivity contribution in [1.29, 1.82) is 5.26 Å². The van der Waals surface area contributed by atoms with Gasteiger partial charge in [-0.3, -0.25) is 4.90 Å². The molecule has 3 heteroatoms. The number of nitriles is 1. The molecule has 1 aliphatic heterocycles. The monoisotopic (exact) mass is 424 g/mol. The number of aliphatic hydroxyl groups excluding tert-OH is 1. The van der Waals surface area contributed by atoms with Crippen LogP contribution in [-0.2, 0) is 5.41 Å². The lowest BCUT2D eigenvalue weighted by Crippen LogP contribution is -2.44. The third kappa shape index (κ3) is 4.78. The van der Waals surface area contributed by atoms with Crippen LogP contribution in [0.25, 0.3) is 0 Å². The van der Waals surface area contributed by atoms with Crippen LogP contribution in [0, 0.1) is 11.3 Å². The molecular weight excluding hydrogens is 392 g/mol. The molecule has 2 unspecified atom stereocenters. The van der Waals surface area contributed by atoms with Gasteiger partial charge in [0.2, 0.25) is 0 Å². The number of piperidine rings is 1. The van der Waals surface area contributed by atoms with Gasteiger partial charge in [-0.15, -0.1) is 0 Å². The maximum Gasteiger partial charge on any atom is 0.107 e. The number of hydrogen-bond acceptors (Lipinski definition) is 3. The average molecular weight is 425 g/mol. The minimum atomic E-state index is -0.653. The third-order valence-corrected chi connectivity index (χ3v) is 7.04. The first-order valence-corrected chi connectivity index (χ1v) is 11.7. The van der Waals surface area contributed by atoms with Crippen molar-refractivity contribution in [3.05, 3.63) is 108 Å². The van der Waals surface area contributed by atoms with Crippen LogP contribution in [0.3, 0.4) is 0 Å². The molecule has 3 aromatic rings. The van der Waals surface area contributed by atoms with Crippen molar-refractivity contribution in [1.82, 2.24) is 4.90 Å². The molecule has 1 aliphatic rings. The Hall–Kier alpha value is -2.93. The van der Waals surface area contributed by atoms with Crippen molar-refractivity contribution in [3.8, 4) is 6.07 Å². The molecule has 1 heterocycles. The molecule has 4 rings (SSSR count). The van der Waals surface area contributed by atoms with Crippen LogP contribution in [-0.4, -0.2) is 35.7 Å². The van der Waals surface area contributed by atoms with Crippen molar-refractivity contribution in [2.24, 2.45) is 0 Å². The maximum atomic E-state index is 10.4. The molecule has 3 aromatic carbocycles. The van der Waals surface area contributed by atoms with Crippen molar-refractivity contribution >= 4 is 0 Å². The van der Waals surface area contributed by atoms with Crippen LogP contribution in [0.15, 0.2) is 91.0 Å². The second kappa shape index (κ2) is 10.6. The molecule has 1 fully saturated rings. The summed E-state index contributed by atoms with van der Waals surface area (Å²) in [7, 11) is 0. The topological polar surface area (TPSA) is 47.3 Å². The lowest BCUT2D eigenvalue weighted by molar-refractivity contribution is 0.0787. The molecule has 3 nitrogen and oxygen atoms in total. The quantitative estimate of drug-likeness (QED) is 0.518. The summed E-state index contributed by atoms with van der Waals surface area (Å²) in [4.78, 5) is 2.43. The first kappa shape index (κ1) is 22.3. The summed E-state index contributed by atoms with van der Waals surface area (Å²) in [6, 6.07) is 33.8. The van der Waals surface area contributed by atoms with Crippen molar-refractivity contribution in [2.75, 3.05) is 19.7 Å². The Kier molecular flexibility index (Phi) is 7.37. The van der Waals surface area contributed by atoms with Gasteiger partial charge in [-0.05, 0) is 61.4 Å². The predicted molar refractivity (Wildman–Crippen MR) is 129 cm³/mol. The SMILES string of the molecule is N#CC(CCCN1CCC(c2ccccc2)CC1CO)(c1ccccc1)c1ccccc1. The fourth-order valence-corrected chi connectivity index (χ4v) is 5.24. The summed E-state index contributed by atoms with van der Waals surface area (Å²) in [5.41, 5.74) is 2.83. The highest BCUT2D eigenvalue weighted by atomic mass is 16.3. The third-order valence-electron chi connectivity index (χ3n) is 7.04. The van der Waals surface area contributed by atoms with Crippen LogP contribution >= 0.6 is 0 Å². The Bertz CT molecular complexity index is 958. The first-order chi connectivity index (χ1) is 15.8. The van der Waals surface area contributed by atoms with E-state index in [1.54, 1.807) is 0 Å². The van der Waals surface area contributed by atoms with Gasteiger partial charge in [-0.1, -0.05) is 91.0 Å². The van der Waals surface area contributed by atoms with Crippen LogP contribution in [0.5, 0.6) is 0 Å². The summed E-state index contributed by atoms with van der Waals surface area (Å²) >= 11 is 0. The Morgan fingerprint density at radius 1 is 0.875 bits per heavy atom. The van der Waals surface area contributed by atoms with Gasteiger partial charge in [0.05, 0.1) is 12.7 Å². The number of hydrogen-bond donors (Lipinski definition) is 1. The lowest BCUT2D eigenvalue weighted by atomic mass is 9.72. The van der Waals surface area contributed by atoms with Crippen LogP contribution in [0.1, 0.15) is 48.3 Å². The zero-order valence-corrected chi connectivity index (χ0v) is 18.6. The van der Waals surface area contributed by atoms with Crippen molar-refractivity contribution in [3.63, 3.8) is 0 Å². The van der Waals surface area contributed by atoms with E-state index < -0.39 is 5.41 Å². The van der Waals surface area contributed by atoms with E-state index in [4.69, 9.17) is 0 Å². The molecule has 0 aliphatic carbocycles. The largest absolute Gasteiger partial charge is 0.395 e. The fraction of sp³-hybridized carbons (Fsp3) is 0.345. The van der Waals surface area contributed by atoms with E-state index in [1.807, 2.05) is 36.4 Å². The van der Waals surface area contributed by atoms with Crippen molar-refractivity contribution in [2.45, 2.75) is 43.1 Å². The molecular formula is C29H32N2O. The molecule has 1 saturated heterocycles. The van der Waals surface area contributed by atoms with E-state index in [0.29, 0.717) is 5.92 Å². The molecule has 0 aromatic heterocycles. The molecule has 32 heavy (non-hydrogen) atoms. The fourth-order valence-electron chi connectivity index (χ4n) is 5.24. The van der Waals surface area contributed by atoms with Gasteiger partial charge < -0.3 is 5.11 Å². The lowest BCUT2D eigenvalue weighted by Gasteiger charge is -2.39. The van der Waals surface area contributed by atoms with E-state index in [2.05, 4.69) is 65.6 Å². The summed E-state index contributed by atoms with van der Waals surface area (Å²) in [5, 5.41) is 20.5. The normalized spacial score (nSPS) is 19.4. The molecule has 0 saturated carbocycles. The van der Waals surface area contributed by atoms with E-state index in [1.165, 1.54) is 5.56 Å². The smallest absolute Gasteiger partial charge is 0.107 e. The van der Waals surface area contributed by atoms with Crippen LogP contribution in [0.4, 0.5) is 0 Å². The van der Waals surface area contributed by atoms with Gasteiger partial charge >= 0.3 is 0 Å². The highest BCUT2D eigenvalue weighted by Gasteiger charge is 2.35. The van der Waals surface area contributed by atoms with Gasteiger partial charge in [-0.2, -0.15) is 5.26 Å². The maximum absolute atomic E-state index is 10.4. The second-order valence-corrected chi connectivity index (χ2v) is 8.86. The summed E-state index contributed by atoms with van der Waals surface area (Å²) in [6.07, 6.45) is 3.76. The van der Waals surface area contributed by atoms with Crippen molar-refractivity contribution < 1.29 is 5.11 Å².